The average molecular weight is 446 g/mol. The number of anilines is 1. The van der Waals surface area contributed by atoms with E-state index in [1.54, 1.807) is 17.9 Å². The Morgan fingerprint density at radius 3 is 2.53 bits per heavy atom. The van der Waals surface area contributed by atoms with Crippen molar-refractivity contribution in [2.45, 2.75) is 26.3 Å². The van der Waals surface area contributed by atoms with Gasteiger partial charge in [0.15, 0.2) is 0 Å². The molecule has 2 aliphatic heterocycles. The summed E-state index contributed by atoms with van der Waals surface area (Å²) in [6.45, 7) is 6.88. The van der Waals surface area contributed by atoms with Crippen LogP contribution in [0, 0.1) is 6.92 Å². The van der Waals surface area contributed by atoms with Crippen molar-refractivity contribution in [3.63, 3.8) is 0 Å². The maximum atomic E-state index is 13.0. The number of nitrogens with one attached hydrogen (secondary N) is 2. The second kappa shape index (κ2) is 10.9. The zero-order valence-corrected chi connectivity index (χ0v) is 18.6. The van der Waals surface area contributed by atoms with Crippen LogP contribution in [0.3, 0.4) is 0 Å². The summed E-state index contributed by atoms with van der Waals surface area (Å²) in [6, 6.07) is 6.55. The zero-order valence-electron chi connectivity index (χ0n) is 18.6. The van der Waals surface area contributed by atoms with E-state index in [9.17, 15) is 19.2 Å². The molecule has 0 bridgehead atoms. The first-order chi connectivity index (χ1) is 15.4. The maximum Gasteiger partial charge on any atom is 0.409 e. The highest BCUT2D eigenvalue weighted by atomic mass is 16.6. The summed E-state index contributed by atoms with van der Waals surface area (Å²) in [5.41, 5.74) is 1.61. The highest BCUT2D eigenvalue weighted by Gasteiger charge is 2.35. The zero-order chi connectivity index (χ0) is 23.1. The number of nitrogens with zero attached hydrogens (tertiary/aromatic N) is 3. The van der Waals surface area contributed by atoms with Gasteiger partial charge in [0.2, 0.25) is 17.7 Å². The number of rotatable bonds is 6. The predicted molar refractivity (Wildman–Crippen MR) is 118 cm³/mol. The molecule has 2 aliphatic rings. The summed E-state index contributed by atoms with van der Waals surface area (Å²) >= 11 is 0. The van der Waals surface area contributed by atoms with Crippen LogP contribution in [-0.4, -0.2) is 97.0 Å². The number of benzene rings is 1. The van der Waals surface area contributed by atoms with E-state index in [0.29, 0.717) is 51.6 Å². The first kappa shape index (κ1) is 23.5. The van der Waals surface area contributed by atoms with Crippen LogP contribution in [0.5, 0.6) is 0 Å². The first-order valence-electron chi connectivity index (χ1n) is 11.0. The largest absolute Gasteiger partial charge is 0.450 e. The van der Waals surface area contributed by atoms with Crippen LogP contribution in [0.4, 0.5) is 10.5 Å². The van der Waals surface area contributed by atoms with Crippen molar-refractivity contribution in [3.8, 4) is 0 Å². The van der Waals surface area contributed by atoms with Gasteiger partial charge in [0, 0.05) is 45.0 Å². The van der Waals surface area contributed by atoms with Crippen LogP contribution in [0.2, 0.25) is 0 Å². The number of para-hydroxylation sites is 1. The van der Waals surface area contributed by atoms with Gasteiger partial charge in [0.1, 0.15) is 6.04 Å². The van der Waals surface area contributed by atoms with E-state index in [1.165, 1.54) is 4.90 Å². The fraction of sp³-hybridized carbons (Fsp3) is 0.545. The number of hydrogen-bond acceptors (Lipinski definition) is 6. The third-order valence-electron chi connectivity index (χ3n) is 5.71. The lowest BCUT2D eigenvalue weighted by Crippen LogP contribution is -2.60. The van der Waals surface area contributed by atoms with E-state index in [-0.39, 0.29) is 36.8 Å². The Morgan fingerprint density at radius 1 is 1.12 bits per heavy atom. The van der Waals surface area contributed by atoms with Crippen molar-refractivity contribution in [1.82, 2.24) is 20.0 Å². The number of ether oxygens (including phenoxy) is 1. The maximum absolute atomic E-state index is 13.0. The van der Waals surface area contributed by atoms with Crippen LogP contribution in [-0.2, 0) is 19.1 Å². The molecule has 1 aromatic rings. The molecule has 174 valence electrons. The number of aryl methyl sites for hydroxylation is 1. The Hall–Kier alpha value is -3.14. The molecule has 2 N–H and O–H groups in total. The molecule has 2 fully saturated rings. The Balaban J connectivity index is 1.56. The van der Waals surface area contributed by atoms with E-state index < -0.39 is 6.04 Å². The normalized spacial score (nSPS) is 19.3. The summed E-state index contributed by atoms with van der Waals surface area (Å²) in [7, 11) is 0. The SMILES string of the molecule is CCOC(=O)N1CCN(CC(=O)N2CCNC(=O)[C@H]2CC(=O)Nc2ccccc2C)CC1. The molecule has 10 nitrogen and oxygen atoms in total. The fourth-order valence-electron chi connectivity index (χ4n) is 3.89. The molecule has 0 saturated carbocycles. The second-order valence-electron chi connectivity index (χ2n) is 7.92. The van der Waals surface area contributed by atoms with Crippen molar-refractivity contribution in [2.24, 2.45) is 0 Å². The Morgan fingerprint density at radius 2 is 1.84 bits per heavy atom. The molecule has 0 unspecified atom stereocenters. The number of piperazine rings is 2. The van der Waals surface area contributed by atoms with E-state index in [0.717, 1.165) is 5.56 Å². The molecule has 0 aromatic heterocycles. The number of hydrogen-bond donors (Lipinski definition) is 2. The lowest BCUT2D eigenvalue weighted by molar-refractivity contribution is -0.145. The standard InChI is InChI=1S/C22H31N5O5/c1-3-32-22(31)26-12-10-25(11-13-26)15-20(29)27-9-8-23-21(30)18(27)14-19(28)24-17-7-5-4-6-16(17)2/h4-7,18H,3,8-15H2,1-2H3,(H,23,30)(H,24,28)/t18-/m1/s1. The van der Waals surface area contributed by atoms with Crippen LogP contribution >= 0.6 is 0 Å². The van der Waals surface area contributed by atoms with E-state index in [2.05, 4.69) is 10.6 Å². The monoisotopic (exact) mass is 445 g/mol. The molecule has 10 heteroatoms. The molecule has 32 heavy (non-hydrogen) atoms. The Bertz CT molecular complexity index is 853. The minimum atomic E-state index is -0.846. The fourth-order valence-corrected chi connectivity index (χ4v) is 3.89. The molecule has 1 aromatic carbocycles. The van der Waals surface area contributed by atoms with E-state index in [1.807, 2.05) is 30.0 Å². The molecule has 4 amide bonds. The second-order valence-corrected chi connectivity index (χ2v) is 7.92. The molecule has 2 heterocycles. The summed E-state index contributed by atoms with van der Waals surface area (Å²) in [5.74, 6) is -0.836. The molecule has 1 atom stereocenters. The topological polar surface area (TPSA) is 111 Å². The lowest BCUT2D eigenvalue weighted by atomic mass is 10.1. The highest BCUT2D eigenvalue weighted by molar-refractivity contribution is 5.98. The van der Waals surface area contributed by atoms with Gasteiger partial charge in [0.05, 0.1) is 19.6 Å². The Labute approximate surface area is 187 Å². The predicted octanol–water partition coefficient (Wildman–Crippen LogP) is 0.425. The molecule has 0 radical (unpaired) electrons. The molecule has 3 rings (SSSR count). The van der Waals surface area contributed by atoms with E-state index in [4.69, 9.17) is 4.74 Å². The molecular weight excluding hydrogens is 414 g/mol. The number of amides is 4. The average Bonchev–Trinajstić information content (AvgIpc) is 2.77. The molecule has 0 spiro atoms. The quantitative estimate of drug-likeness (QED) is 0.657. The minimum absolute atomic E-state index is 0.109. The Kier molecular flexibility index (Phi) is 8.04. The van der Waals surface area contributed by atoms with Crippen molar-refractivity contribution >= 4 is 29.5 Å². The van der Waals surface area contributed by atoms with Crippen molar-refractivity contribution in [3.05, 3.63) is 29.8 Å². The van der Waals surface area contributed by atoms with Crippen LogP contribution < -0.4 is 10.6 Å². The van der Waals surface area contributed by atoms with Gasteiger partial charge >= 0.3 is 6.09 Å². The number of carbonyl (C=O) groups excluding carboxylic acids is 4. The molecular formula is C22H31N5O5. The van der Waals surface area contributed by atoms with Gasteiger partial charge < -0.3 is 25.2 Å². The summed E-state index contributed by atoms with van der Waals surface area (Å²) < 4.78 is 5.02. The van der Waals surface area contributed by atoms with Crippen molar-refractivity contribution < 1.29 is 23.9 Å². The minimum Gasteiger partial charge on any atom is -0.450 e. The summed E-state index contributed by atoms with van der Waals surface area (Å²) in [4.78, 5) is 55.0. The summed E-state index contributed by atoms with van der Waals surface area (Å²) in [5, 5.41) is 5.57. The van der Waals surface area contributed by atoms with Crippen LogP contribution in [0.1, 0.15) is 18.9 Å². The van der Waals surface area contributed by atoms with Gasteiger partial charge in [-0.05, 0) is 25.5 Å². The van der Waals surface area contributed by atoms with Gasteiger partial charge in [0.25, 0.3) is 0 Å². The van der Waals surface area contributed by atoms with Crippen molar-refractivity contribution in [1.29, 1.82) is 0 Å². The van der Waals surface area contributed by atoms with Gasteiger partial charge in [-0.25, -0.2) is 4.79 Å². The van der Waals surface area contributed by atoms with Crippen molar-refractivity contribution in [2.75, 3.05) is 57.7 Å². The van der Waals surface area contributed by atoms with Crippen LogP contribution in [0.15, 0.2) is 24.3 Å². The smallest absolute Gasteiger partial charge is 0.409 e. The van der Waals surface area contributed by atoms with Crippen LogP contribution in [0.25, 0.3) is 0 Å². The molecule has 0 aliphatic carbocycles. The van der Waals surface area contributed by atoms with Gasteiger partial charge in [-0.3, -0.25) is 19.3 Å². The summed E-state index contributed by atoms with van der Waals surface area (Å²) in [6.07, 6.45) is -0.450. The third-order valence-corrected chi connectivity index (χ3v) is 5.71. The number of carbonyl (C=O) groups is 4. The first-order valence-corrected chi connectivity index (χ1v) is 11.0. The van der Waals surface area contributed by atoms with E-state index >= 15 is 0 Å². The lowest BCUT2D eigenvalue weighted by Gasteiger charge is -2.38. The molecule has 2 saturated heterocycles. The van der Waals surface area contributed by atoms with Gasteiger partial charge in [-0.1, -0.05) is 18.2 Å². The van der Waals surface area contributed by atoms with Gasteiger partial charge in [-0.2, -0.15) is 0 Å². The highest BCUT2D eigenvalue weighted by Crippen LogP contribution is 2.16. The third kappa shape index (κ3) is 5.97. The van der Waals surface area contributed by atoms with Gasteiger partial charge in [-0.15, -0.1) is 0 Å².